The molecule has 0 aliphatic heterocycles. The van der Waals surface area contributed by atoms with Crippen LogP contribution in [-0.4, -0.2) is 10.8 Å². The van der Waals surface area contributed by atoms with Gasteiger partial charge in [-0.25, -0.2) is 4.98 Å². The summed E-state index contributed by atoms with van der Waals surface area (Å²) in [5.74, 6) is 0.594. The second-order valence-corrected chi connectivity index (χ2v) is 5.33. The van der Waals surface area contributed by atoms with Gasteiger partial charge in [0, 0.05) is 6.42 Å². The van der Waals surface area contributed by atoms with Crippen molar-refractivity contribution in [3.05, 3.63) is 18.4 Å². The third kappa shape index (κ3) is 4.28. The van der Waals surface area contributed by atoms with E-state index >= 15 is 0 Å². The summed E-state index contributed by atoms with van der Waals surface area (Å²) in [6, 6.07) is 0. The molecule has 0 aliphatic rings. The average Bonchev–Trinajstić information content (AvgIpc) is 2.50. The number of Topliss-reactive ketones (excluding diaryl/α,β-unsaturated/α-hetero) is 1. The third-order valence-electron chi connectivity index (χ3n) is 2.17. The van der Waals surface area contributed by atoms with E-state index in [1.807, 2.05) is 0 Å². The summed E-state index contributed by atoms with van der Waals surface area (Å²) in [6.07, 6.45) is 4.47. The molecule has 3 nitrogen and oxygen atoms in total. The molecule has 0 spiro atoms. The summed E-state index contributed by atoms with van der Waals surface area (Å²) in [4.78, 5) is 15.5. The minimum absolute atomic E-state index is 0.00301. The molecule has 1 atom stereocenters. The van der Waals surface area contributed by atoms with Crippen molar-refractivity contribution in [3.8, 4) is 0 Å². The third-order valence-corrected chi connectivity index (χ3v) is 2.17. The first-order valence-electron chi connectivity index (χ1n) is 5.31. The molecule has 0 saturated carbocycles. The summed E-state index contributed by atoms with van der Waals surface area (Å²) in [6.45, 7) is 8.63. The molecule has 3 heteroatoms. The summed E-state index contributed by atoms with van der Waals surface area (Å²) in [5, 5.41) is 0. The average molecular weight is 209 g/mol. The molecule has 1 heterocycles. The number of aromatic nitrogens is 1. The van der Waals surface area contributed by atoms with Crippen LogP contribution in [0.25, 0.3) is 0 Å². The molecule has 0 radical (unpaired) electrons. The smallest absolute Gasteiger partial charge is 0.263 e. The zero-order valence-electron chi connectivity index (χ0n) is 9.91. The lowest BCUT2D eigenvalue weighted by Crippen LogP contribution is -2.14. The molecule has 0 saturated heterocycles. The standard InChI is InChI=1S/C12H19NO2/c1-9(8-12(2,3)4)7-10(14)11-13-5-6-15-11/h5-6,9H,7-8H2,1-4H3. The van der Waals surface area contributed by atoms with Crippen molar-refractivity contribution in [2.75, 3.05) is 0 Å². The molecule has 1 rings (SSSR count). The van der Waals surface area contributed by atoms with Crippen molar-refractivity contribution in [1.29, 1.82) is 0 Å². The van der Waals surface area contributed by atoms with E-state index < -0.39 is 0 Å². The molecular formula is C12H19NO2. The maximum Gasteiger partial charge on any atom is 0.263 e. The first-order valence-corrected chi connectivity index (χ1v) is 5.31. The van der Waals surface area contributed by atoms with Gasteiger partial charge in [0.1, 0.15) is 6.26 Å². The Bertz CT molecular complexity index is 309. The molecule has 0 N–H and O–H groups in total. The van der Waals surface area contributed by atoms with Crippen LogP contribution in [0.4, 0.5) is 0 Å². The number of hydrogen-bond donors (Lipinski definition) is 0. The Labute approximate surface area is 90.9 Å². The van der Waals surface area contributed by atoms with Crippen LogP contribution >= 0.6 is 0 Å². The lowest BCUT2D eigenvalue weighted by Gasteiger charge is -2.22. The van der Waals surface area contributed by atoms with Crippen molar-refractivity contribution in [2.24, 2.45) is 11.3 Å². The lowest BCUT2D eigenvalue weighted by atomic mass is 9.83. The Hall–Kier alpha value is -1.12. The van der Waals surface area contributed by atoms with E-state index in [9.17, 15) is 4.79 Å². The fraction of sp³-hybridized carbons (Fsp3) is 0.667. The van der Waals surface area contributed by atoms with Crippen molar-refractivity contribution in [3.63, 3.8) is 0 Å². The van der Waals surface area contributed by atoms with Gasteiger partial charge in [-0.1, -0.05) is 27.7 Å². The maximum absolute atomic E-state index is 11.6. The largest absolute Gasteiger partial charge is 0.442 e. The van der Waals surface area contributed by atoms with E-state index in [0.29, 0.717) is 12.3 Å². The normalized spacial score (nSPS) is 13.9. The molecule has 0 aliphatic carbocycles. The summed E-state index contributed by atoms with van der Waals surface area (Å²) in [7, 11) is 0. The van der Waals surface area contributed by atoms with Crippen LogP contribution < -0.4 is 0 Å². The van der Waals surface area contributed by atoms with Gasteiger partial charge in [-0.3, -0.25) is 4.79 Å². The number of nitrogens with zero attached hydrogens (tertiary/aromatic N) is 1. The van der Waals surface area contributed by atoms with Gasteiger partial charge in [0.15, 0.2) is 0 Å². The van der Waals surface area contributed by atoms with Crippen LogP contribution in [0.3, 0.4) is 0 Å². The number of oxazole rings is 1. The SMILES string of the molecule is CC(CC(=O)c1ncco1)CC(C)(C)C. The van der Waals surface area contributed by atoms with Crippen LogP contribution in [0, 0.1) is 11.3 Å². The van der Waals surface area contributed by atoms with E-state index in [0.717, 1.165) is 6.42 Å². The quantitative estimate of drug-likeness (QED) is 0.714. The van der Waals surface area contributed by atoms with E-state index in [1.165, 1.54) is 12.5 Å². The zero-order valence-corrected chi connectivity index (χ0v) is 9.91. The number of carbonyl (C=O) groups is 1. The van der Waals surface area contributed by atoms with E-state index in [4.69, 9.17) is 4.42 Å². The Morgan fingerprint density at radius 1 is 1.53 bits per heavy atom. The first-order chi connectivity index (χ1) is 6.88. The van der Waals surface area contributed by atoms with E-state index in [2.05, 4.69) is 32.7 Å². The fourth-order valence-electron chi connectivity index (χ4n) is 1.88. The topological polar surface area (TPSA) is 43.1 Å². The van der Waals surface area contributed by atoms with Gasteiger partial charge in [-0.15, -0.1) is 0 Å². The molecule has 1 aromatic rings. The van der Waals surface area contributed by atoms with Crippen molar-refractivity contribution in [2.45, 2.75) is 40.5 Å². The van der Waals surface area contributed by atoms with Crippen LogP contribution in [0.2, 0.25) is 0 Å². The molecular weight excluding hydrogens is 190 g/mol. The molecule has 1 unspecified atom stereocenters. The second kappa shape index (κ2) is 4.60. The van der Waals surface area contributed by atoms with Crippen LogP contribution in [0.5, 0.6) is 0 Å². The molecule has 84 valence electrons. The molecule has 0 bridgehead atoms. The highest BCUT2D eigenvalue weighted by atomic mass is 16.3. The van der Waals surface area contributed by atoms with Gasteiger partial charge < -0.3 is 4.42 Å². The highest BCUT2D eigenvalue weighted by Crippen LogP contribution is 2.26. The summed E-state index contributed by atoms with van der Waals surface area (Å²) >= 11 is 0. The maximum atomic E-state index is 11.6. The fourth-order valence-corrected chi connectivity index (χ4v) is 1.88. The number of ketones is 1. The number of hydrogen-bond acceptors (Lipinski definition) is 3. The predicted octanol–water partition coefficient (Wildman–Crippen LogP) is 3.32. The summed E-state index contributed by atoms with van der Waals surface area (Å²) in [5.41, 5.74) is 0.260. The van der Waals surface area contributed by atoms with Crippen LogP contribution in [0.15, 0.2) is 16.9 Å². The first kappa shape index (κ1) is 12.0. The summed E-state index contributed by atoms with van der Waals surface area (Å²) < 4.78 is 4.97. The van der Waals surface area contributed by atoms with Gasteiger partial charge in [0.2, 0.25) is 5.78 Å². The van der Waals surface area contributed by atoms with Crippen molar-refractivity contribution in [1.82, 2.24) is 4.98 Å². The van der Waals surface area contributed by atoms with Crippen LogP contribution in [-0.2, 0) is 0 Å². The predicted molar refractivity (Wildman–Crippen MR) is 58.7 cm³/mol. The van der Waals surface area contributed by atoms with Gasteiger partial charge >= 0.3 is 0 Å². The molecule has 0 fully saturated rings. The molecule has 0 amide bonds. The highest BCUT2D eigenvalue weighted by Gasteiger charge is 2.20. The zero-order chi connectivity index (χ0) is 11.5. The Morgan fingerprint density at radius 2 is 2.20 bits per heavy atom. The van der Waals surface area contributed by atoms with Gasteiger partial charge in [-0.2, -0.15) is 0 Å². The Kier molecular flexibility index (Phi) is 3.66. The molecule has 15 heavy (non-hydrogen) atoms. The van der Waals surface area contributed by atoms with Gasteiger partial charge in [-0.05, 0) is 17.8 Å². The minimum Gasteiger partial charge on any atom is -0.442 e. The van der Waals surface area contributed by atoms with E-state index in [1.54, 1.807) is 0 Å². The minimum atomic E-state index is -0.00301. The van der Waals surface area contributed by atoms with Crippen LogP contribution in [0.1, 0.15) is 51.2 Å². The Morgan fingerprint density at radius 3 is 2.67 bits per heavy atom. The lowest BCUT2D eigenvalue weighted by molar-refractivity contribution is 0.0920. The van der Waals surface area contributed by atoms with Gasteiger partial charge in [0.25, 0.3) is 5.89 Å². The molecule has 1 aromatic heterocycles. The molecule has 0 aromatic carbocycles. The second-order valence-electron chi connectivity index (χ2n) is 5.33. The van der Waals surface area contributed by atoms with E-state index in [-0.39, 0.29) is 17.1 Å². The van der Waals surface area contributed by atoms with Gasteiger partial charge in [0.05, 0.1) is 6.20 Å². The number of carbonyl (C=O) groups excluding carboxylic acids is 1. The van der Waals surface area contributed by atoms with Crippen molar-refractivity contribution >= 4 is 5.78 Å². The monoisotopic (exact) mass is 209 g/mol. The number of rotatable bonds is 4. The Balaban J connectivity index is 2.45. The highest BCUT2D eigenvalue weighted by molar-refractivity contribution is 5.91. The van der Waals surface area contributed by atoms with Crippen molar-refractivity contribution < 1.29 is 9.21 Å².